The molecule has 5 nitrogen and oxygen atoms in total. The first-order chi connectivity index (χ1) is 12.7. The van der Waals surface area contributed by atoms with E-state index in [2.05, 4.69) is 26.1 Å². The summed E-state index contributed by atoms with van der Waals surface area (Å²) in [5.41, 5.74) is 2.08. The number of esters is 1. The lowest BCUT2D eigenvalue weighted by molar-refractivity contribution is -0.123. The highest BCUT2D eigenvalue weighted by molar-refractivity contribution is 5.98. The van der Waals surface area contributed by atoms with Crippen molar-refractivity contribution < 1.29 is 19.1 Å². The molecule has 1 N–H and O–H groups in total. The van der Waals surface area contributed by atoms with Gasteiger partial charge >= 0.3 is 5.97 Å². The van der Waals surface area contributed by atoms with Gasteiger partial charge < -0.3 is 14.8 Å². The molecular formula is C22H27NO4. The summed E-state index contributed by atoms with van der Waals surface area (Å²) in [4.78, 5) is 24.7. The Labute approximate surface area is 160 Å². The minimum atomic E-state index is -0.936. The van der Waals surface area contributed by atoms with Crippen molar-refractivity contribution in [3.8, 4) is 5.75 Å². The predicted molar refractivity (Wildman–Crippen MR) is 106 cm³/mol. The monoisotopic (exact) mass is 369 g/mol. The van der Waals surface area contributed by atoms with Gasteiger partial charge in [-0.15, -0.1) is 0 Å². The van der Waals surface area contributed by atoms with Crippen LogP contribution in [-0.4, -0.2) is 24.6 Å². The second kappa shape index (κ2) is 8.71. The topological polar surface area (TPSA) is 64.6 Å². The van der Waals surface area contributed by atoms with Crippen LogP contribution in [0.25, 0.3) is 0 Å². The molecule has 0 saturated heterocycles. The maximum absolute atomic E-state index is 12.4. The SMILES string of the molecule is CCOc1ccccc1NC(=O)C(C)OC(=O)c1ccc(C(C)(C)C)cc1. The van der Waals surface area contributed by atoms with Crippen molar-refractivity contribution in [1.29, 1.82) is 0 Å². The van der Waals surface area contributed by atoms with Crippen molar-refractivity contribution >= 4 is 17.6 Å². The van der Waals surface area contributed by atoms with E-state index >= 15 is 0 Å². The van der Waals surface area contributed by atoms with E-state index in [1.165, 1.54) is 0 Å². The molecule has 2 aromatic rings. The van der Waals surface area contributed by atoms with Gasteiger partial charge in [0.2, 0.25) is 0 Å². The molecular weight excluding hydrogens is 342 g/mol. The van der Waals surface area contributed by atoms with Crippen molar-refractivity contribution in [3.05, 3.63) is 59.7 Å². The van der Waals surface area contributed by atoms with Gasteiger partial charge in [-0.25, -0.2) is 4.79 Å². The number of hydrogen-bond acceptors (Lipinski definition) is 4. The molecule has 27 heavy (non-hydrogen) atoms. The van der Waals surface area contributed by atoms with Crippen LogP contribution in [0.1, 0.15) is 50.5 Å². The molecule has 0 spiro atoms. The van der Waals surface area contributed by atoms with Crippen LogP contribution >= 0.6 is 0 Å². The Bertz CT molecular complexity index is 791. The summed E-state index contributed by atoms with van der Waals surface area (Å²) in [7, 11) is 0. The summed E-state index contributed by atoms with van der Waals surface area (Å²) in [6, 6.07) is 14.4. The Balaban J connectivity index is 2.01. The van der Waals surface area contributed by atoms with Crippen LogP contribution in [0.5, 0.6) is 5.75 Å². The van der Waals surface area contributed by atoms with Crippen molar-refractivity contribution in [2.45, 2.75) is 46.1 Å². The van der Waals surface area contributed by atoms with Crippen molar-refractivity contribution in [1.82, 2.24) is 0 Å². The second-order valence-corrected chi connectivity index (χ2v) is 7.29. The fourth-order valence-electron chi connectivity index (χ4n) is 2.47. The van der Waals surface area contributed by atoms with E-state index in [0.29, 0.717) is 23.6 Å². The molecule has 0 aromatic heterocycles. The van der Waals surface area contributed by atoms with Gasteiger partial charge in [-0.1, -0.05) is 45.0 Å². The minimum absolute atomic E-state index is 0.00354. The highest BCUT2D eigenvalue weighted by atomic mass is 16.5. The number of benzene rings is 2. The van der Waals surface area contributed by atoms with Gasteiger partial charge in [0, 0.05) is 0 Å². The molecule has 0 aliphatic rings. The number of anilines is 1. The number of ether oxygens (including phenoxy) is 2. The van der Waals surface area contributed by atoms with E-state index in [-0.39, 0.29) is 5.41 Å². The lowest BCUT2D eigenvalue weighted by Crippen LogP contribution is -2.30. The lowest BCUT2D eigenvalue weighted by atomic mass is 9.87. The molecule has 1 amide bonds. The summed E-state index contributed by atoms with van der Waals surface area (Å²) in [6.45, 7) is 10.2. The van der Waals surface area contributed by atoms with Gasteiger partial charge in [-0.3, -0.25) is 4.79 Å². The molecule has 1 unspecified atom stereocenters. The molecule has 2 aromatic carbocycles. The highest BCUT2D eigenvalue weighted by Crippen LogP contribution is 2.24. The third kappa shape index (κ3) is 5.58. The standard InChI is InChI=1S/C22H27NO4/c1-6-26-19-10-8-7-9-18(19)23-20(24)15(2)27-21(25)16-11-13-17(14-12-16)22(3,4)5/h7-15H,6H2,1-5H3,(H,23,24). The summed E-state index contributed by atoms with van der Waals surface area (Å²) < 4.78 is 10.8. The Morgan fingerprint density at radius 1 is 1.04 bits per heavy atom. The highest BCUT2D eigenvalue weighted by Gasteiger charge is 2.21. The second-order valence-electron chi connectivity index (χ2n) is 7.29. The summed E-state index contributed by atoms with van der Waals surface area (Å²) in [6.07, 6.45) is -0.936. The molecule has 144 valence electrons. The fraction of sp³-hybridized carbons (Fsp3) is 0.364. The van der Waals surface area contributed by atoms with Crippen LogP contribution < -0.4 is 10.1 Å². The largest absolute Gasteiger partial charge is 0.492 e. The molecule has 0 aliphatic heterocycles. The van der Waals surface area contributed by atoms with Gasteiger partial charge in [-0.05, 0) is 49.1 Å². The molecule has 0 aliphatic carbocycles. The molecule has 0 bridgehead atoms. The normalized spacial score (nSPS) is 12.2. The predicted octanol–water partition coefficient (Wildman–Crippen LogP) is 4.57. The van der Waals surface area contributed by atoms with E-state index in [1.54, 1.807) is 37.3 Å². The zero-order valence-electron chi connectivity index (χ0n) is 16.5. The number of nitrogens with one attached hydrogen (secondary N) is 1. The molecule has 0 saturated carbocycles. The number of rotatable bonds is 6. The number of carbonyl (C=O) groups excluding carboxylic acids is 2. The number of carbonyl (C=O) groups is 2. The molecule has 0 heterocycles. The van der Waals surface area contributed by atoms with Crippen LogP contribution in [-0.2, 0) is 14.9 Å². The van der Waals surface area contributed by atoms with Crippen LogP contribution in [0, 0.1) is 0 Å². The third-order valence-corrected chi connectivity index (χ3v) is 4.08. The zero-order chi connectivity index (χ0) is 20.0. The first-order valence-electron chi connectivity index (χ1n) is 9.06. The first-order valence-corrected chi connectivity index (χ1v) is 9.06. The van der Waals surface area contributed by atoms with Gasteiger partial charge in [-0.2, -0.15) is 0 Å². The summed E-state index contributed by atoms with van der Waals surface area (Å²) in [5.74, 6) is -0.373. The van der Waals surface area contributed by atoms with Gasteiger partial charge in [0.05, 0.1) is 17.9 Å². The number of hydrogen-bond donors (Lipinski definition) is 1. The van der Waals surface area contributed by atoms with Gasteiger partial charge in [0.15, 0.2) is 6.10 Å². The van der Waals surface area contributed by atoms with E-state index in [0.717, 1.165) is 5.56 Å². The Morgan fingerprint density at radius 3 is 2.26 bits per heavy atom. The molecule has 0 fully saturated rings. The maximum Gasteiger partial charge on any atom is 0.338 e. The van der Waals surface area contributed by atoms with Crippen LogP contribution in [0.3, 0.4) is 0 Å². The third-order valence-electron chi connectivity index (χ3n) is 4.08. The van der Waals surface area contributed by atoms with E-state index < -0.39 is 18.0 Å². The minimum Gasteiger partial charge on any atom is -0.492 e. The summed E-state index contributed by atoms with van der Waals surface area (Å²) >= 11 is 0. The summed E-state index contributed by atoms with van der Waals surface area (Å²) in [5, 5.41) is 2.74. The Hall–Kier alpha value is -2.82. The van der Waals surface area contributed by atoms with Crippen LogP contribution in [0.4, 0.5) is 5.69 Å². The average Bonchev–Trinajstić information content (AvgIpc) is 2.62. The van der Waals surface area contributed by atoms with Crippen molar-refractivity contribution in [2.24, 2.45) is 0 Å². The Kier molecular flexibility index (Phi) is 6.61. The zero-order valence-corrected chi connectivity index (χ0v) is 16.5. The molecule has 0 radical (unpaired) electrons. The maximum atomic E-state index is 12.4. The molecule has 1 atom stereocenters. The lowest BCUT2D eigenvalue weighted by Gasteiger charge is -2.19. The van der Waals surface area contributed by atoms with Gasteiger partial charge in [0.25, 0.3) is 5.91 Å². The quantitative estimate of drug-likeness (QED) is 0.758. The van der Waals surface area contributed by atoms with Crippen LogP contribution in [0.15, 0.2) is 48.5 Å². The molecule has 5 heteroatoms. The number of para-hydroxylation sites is 2. The van der Waals surface area contributed by atoms with E-state index in [4.69, 9.17) is 9.47 Å². The average molecular weight is 369 g/mol. The molecule has 2 rings (SSSR count). The van der Waals surface area contributed by atoms with Crippen molar-refractivity contribution in [2.75, 3.05) is 11.9 Å². The van der Waals surface area contributed by atoms with Crippen LogP contribution in [0.2, 0.25) is 0 Å². The van der Waals surface area contributed by atoms with E-state index in [9.17, 15) is 9.59 Å². The number of amides is 1. The Morgan fingerprint density at radius 2 is 1.67 bits per heavy atom. The van der Waals surface area contributed by atoms with Gasteiger partial charge in [0.1, 0.15) is 5.75 Å². The van der Waals surface area contributed by atoms with E-state index in [1.807, 2.05) is 25.1 Å². The fourth-order valence-corrected chi connectivity index (χ4v) is 2.47. The first kappa shape index (κ1) is 20.5. The smallest absolute Gasteiger partial charge is 0.338 e. The van der Waals surface area contributed by atoms with Crippen molar-refractivity contribution in [3.63, 3.8) is 0 Å².